The second-order valence-corrected chi connectivity index (χ2v) is 7.15. The van der Waals surface area contributed by atoms with Gasteiger partial charge in [0.1, 0.15) is 4.90 Å². The summed E-state index contributed by atoms with van der Waals surface area (Å²) in [5.41, 5.74) is 5.36. The molecule has 0 amide bonds. The first-order valence-corrected chi connectivity index (χ1v) is 7.88. The first-order valence-electron chi connectivity index (χ1n) is 6.44. The van der Waals surface area contributed by atoms with Crippen LogP contribution in [0.1, 0.15) is 6.42 Å². The molecule has 1 saturated heterocycles. The van der Waals surface area contributed by atoms with Crippen LogP contribution in [0.3, 0.4) is 0 Å². The highest BCUT2D eigenvalue weighted by atomic mass is 32.2. The van der Waals surface area contributed by atoms with E-state index in [4.69, 9.17) is 5.73 Å². The van der Waals surface area contributed by atoms with Gasteiger partial charge in [-0.1, -0.05) is 0 Å². The molecule has 1 aromatic carbocycles. The Morgan fingerprint density at radius 1 is 1.43 bits per heavy atom. The summed E-state index contributed by atoms with van der Waals surface area (Å²) in [6.45, 7) is 0.813. The average Bonchev–Trinajstić information content (AvgIpc) is 2.88. The third kappa shape index (κ3) is 2.99. The maximum Gasteiger partial charge on any atom is 0.271 e. The van der Waals surface area contributed by atoms with Crippen LogP contribution in [-0.2, 0) is 10.0 Å². The molecule has 2 rings (SSSR count). The van der Waals surface area contributed by atoms with E-state index in [2.05, 4.69) is 0 Å². The number of hydrogen-bond donors (Lipinski definition) is 1. The third-order valence-electron chi connectivity index (χ3n) is 3.68. The fourth-order valence-corrected chi connectivity index (χ4v) is 3.96. The summed E-state index contributed by atoms with van der Waals surface area (Å²) in [6, 6.07) is 3.60. The van der Waals surface area contributed by atoms with Crippen molar-refractivity contribution in [1.82, 2.24) is 9.21 Å². The third-order valence-corrected chi connectivity index (χ3v) is 5.62. The lowest BCUT2D eigenvalue weighted by atomic mass is 10.2. The number of sulfonamides is 1. The molecule has 1 unspecified atom stereocenters. The minimum atomic E-state index is -3.72. The van der Waals surface area contributed by atoms with E-state index in [0.29, 0.717) is 13.1 Å². The van der Waals surface area contributed by atoms with Crippen molar-refractivity contribution < 1.29 is 13.3 Å². The van der Waals surface area contributed by atoms with E-state index in [0.717, 1.165) is 18.6 Å². The molecule has 9 heteroatoms. The van der Waals surface area contributed by atoms with E-state index >= 15 is 0 Å². The number of anilines is 1. The summed E-state index contributed by atoms with van der Waals surface area (Å²) in [6.07, 6.45) is 0.749. The number of nitrogens with zero attached hydrogens (tertiary/aromatic N) is 3. The van der Waals surface area contributed by atoms with Crippen molar-refractivity contribution in [3.05, 3.63) is 28.3 Å². The van der Waals surface area contributed by atoms with Crippen LogP contribution in [0.15, 0.2) is 23.1 Å². The molecule has 1 atom stereocenters. The van der Waals surface area contributed by atoms with Gasteiger partial charge in [-0.05, 0) is 26.6 Å². The lowest BCUT2D eigenvalue weighted by Gasteiger charge is -2.20. The van der Waals surface area contributed by atoms with Crippen LogP contribution in [0.2, 0.25) is 0 Å². The van der Waals surface area contributed by atoms with Gasteiger partial charge in [0, 0.05) is 31.3 Å². The number of nitro groups is 1. The lowest BCUT2D eigenvalue weighted by Crippen LogP contribution is -2.34. The summed E-state index contributed by atoms with van der Waals surface area (Å²) < 4.78 is 26.5. The monoisotopic (exact) mass is 314 g/mol. The van der Waals surface area contributed by atoms with E-state index in [9.17, 15) is 18.5 Å². The molecule has 0 aliphatic carbocycles. The topological polar surface area (TPSA) is 110 Å². The second kappa shape index (κ2) is 5.58. The first kappa shape index (κ1) is 15.7. The second-order valence-electron chi connectivity index (χ2n) is 5.25. The Morgan fingerprint density at radius 3 is 2.57 bits per heavy atom. The molecule has 8 nitrogen and oxygen atoms in total. The molecule has 1 heterocycles. The van der Waals surface area contributed by atoms with Gasteiger partial charge in [-0.2, -0.15) is 4.31 Å². The van der Waals surface area contributed by atoms with Crippen molar-refractivity contribution in [1.29, 1.82) is 0 Å². The quantitative estimate of drug-likeness (QED) is 0.492. The molecular formula is C12H18N4O4S. The molecule has 1 aromatic rings. The van der Waals surface area contributed by atoms with Crippen LogP contribution in [0, 0.1) is 10.1 Å². The smallest absolute Gasteiger partial charge is 0.271 e. The fraction of sp³-hybridized carbons (Fsp3) is 0.500. The van der Waals surface area contributed by atoms with E-state index in [1.54, 1.807) is 0 Å². The van der Waals surface area contributed by atoms with Gasteiger partial charge in [-0.3, -0.25) is 10.1 Å². The Morgan fingerprint density at radius 2 is 2.10 bits per heavy atom. The number of nitrogens with two attached hydrogens (primary N) is 1. The molecule has 0 radical (unpaired) electrons. The van der Waals surface area contributed by atoms with Crippen molar-refractivity contribution in [2.45, 2.75) is 17.4 Å². The summed E-state index contributed by atoms with van der Waals surface area (Å²) in [7, 11) is 0.0884. The predicted molar refractivity (Wildman–Crippen MR) is 78.4 cm³/mol. The minimum absolute atomic E-state index is 0.0764. The molecule has 2 N–H and O–H groups in total. The molecule has 0 saturated carbocycles. The van der Waals surface area contributed by atoms with Crippen LogP contribution < -0.4 is 5.73 Å². The van der Waals surface area contributed by atoms with Crippen molar-refractivity contribution >= 4 is 21.4 Å². The number of likely N-dealkylation sites (N-methyl/N-ethyl adjacent to an activating group) is 1. The Bertz CT molecular complexity index is 659. The van der Waals surface area contributed by atoms with E-state index in [1.165, 1.54) is 10.4 Å². The Kier molecular flexibility index (Phi) is 4.17. The SMILES string of the molecule is CN(C)C1CCN(S(=O)(=O)c2ccc([N+](=O)[O-])cc2N)C1. The number of rotatable bonds is 4. The maximum atomic E-state index is 12.6. The van der Waals surface area contributed by atoms with Crippen LogP contribution in [0.4, 0.5) is 11.4 Å². The highest BCUT2D eigenvalue weighted by molar-refractivity contribution is 7.89. The van der Waals surface area contributed by atoms with Crippen molar-refractivity contribution in [3.63, 3.8) is 0 Å². The number of nitrogen functional groups attached to an aromatic ring is 1. The normalized spacial score (nSPS) is 20.0. The predicted octanol–water partition coefficient (Wildman–Crippen LogP) is 0.502. The summed E-state index contributed by atoms with van der Waals surface area (Å²) in [5, 5.41) is 10.7. The zero-order chi connectivity index (χ0) is 15.8. The van der Waals surface area contributed by atoms with Gasteiger partial charge in [0.05, 0.1) is 10.6 Å². The molecule has 1 fully saturated rings. The average molecular weight is 314 g/mol. The standard InChI is InChI=1S/C12H18N4O4S/c1-14(2)10-5-6-15(8-10)21(19,20)12-4-3-9(16(17)18)7-11(12)13/h3-4,7,10H,5-6,8,13H2,1-2H3. The first-order chi connectivity index (χ1) is 9.73. The number of non-ortho nitro benzene ring substituents is 1. The van der Waals surface area contributed by atoms with Crippen LogP contribution in [0.25, 0.3) is 0 Å². The zero-order valence-corrected chi connectivity index (χ0v) is 12.7. The van der Waals surface area contributed by atoms with Crippen molar-refractivity contribution in [3.8, 4) is 0 Å². The van der Waals surface area contributed by atoms with Gasteiger partial charge in [-0.15, -0.1) is 0 Å². The van der Waals surface area contributed by atoms with Gasteiger partial charge in [-0.25, -0.2) is 8.42 Å². The Labute approximate surface area is 123 Å². The largest absolute Gasteiger partial charge is 0.397 e. The van der Waals surface area contributed by atoms with Crippen LogP contribution >= 0.6 is 0 Å². The maximum absolute atomic E-state index is 12.6. The van der Waals surface area contributed by atoms with Crippen molar-refractivity contribution in [2.75, 3.05) is 32.9 Å². The van der Waals surface area contributed by atoms with E-state index in [1.807, 2.05) is 19.0 Å². The molecule has 21 heavy (non-hydrogen) atoms. The molecule has 0 spiro atoms. The lowest BCUT2D eigenvalue weighted by molar-refractivity contribution is -0.384. The number of benzene rings is 1. The fourth-order valence-electron chi connectivity index (χ4n) is 2.37. The molecule has 1 aliphatic heterocycles. The minimum Gasteiger partial charge on any atom is -0.397 e. The molecule has 0 bridgehead atoms. The van der Waals surface area contributed by atoms with Gasteiger partial charge < -0.3 is 10.6 Å². The highest BCUT2D eigenvalue weighted by Gasteiger charge is 2.34. The van der Waals surface area contributed by atoms with Gasteiger partial charge in [0.2, 0.25) is 10.0 Å². The molecule has 0 aromatic heterocycles. The summed E-state index contributed by atoms with van der Waals surface area (Å²) >= 11 is 0. The van der Waals surface area contributed by atoms with Gasteiger partial charge in [0.15, 0.2) is 0 Å². The number of hydrogen-bond acceptors (Lipinski definition) is 6. The van der Waals surface area contributed by atoms with Gasteiger partial charge >= 0.3 is 0 Å². The Balaban J connectivity index is 2.31. The van der Waals surface area contributed by atoms with Crippen LogP contribution in [0.5, 0.6) is 0 Å². The van der Waals surface area contributed by atoms with Gasteiger partial charge in [0.25, 0.3) is 5.69 Å². The molecule has 1 aliphatic rings. The summed E-state index contributed by atoms with van der Waals surface area (Å²) in [5.74, 6) is 0. The number of nitro benzene ring substituents is 1. The van der Waals surface area contributed by atoms with Crippen molar-refractivity contribution in [2.24, 2.45) is 0 Å². The van der Waals surface area contributed by atoms with E-state index < -0.39 is 14.9 Å². The van der Waals surface area contributed by atoms with E-state index in [-0.39, 0.29) is 22.3 Å². The van der Waals surface area contributed by atoms with Crippen LogP contribution in [-0.4, -0.2) is 55.8 Å². The molecule has 116 valence electrons. The summed E-state index contributed by atoms with van der Waals surface area (Å²) in [4.78, 5) is 12.0. The Hall–Kier alpha value is -1.71. The highest BCUT2D eigenvalue weighted by Crippen LogP contribution is 2.29. The zero-order valence-electron chi connectivity index (χ0n) is 11.9. The molecular weight excluding hydrogens is 296 g/mol.